The number of halogens is 2. The second kappa shape index (κ2) is 6.29. The van der Waals surface area contributed by atoms with Crippen LogP contribution in [0.4, 0.5) is 5.69 Å². The quantitative estimate of drug-likeness (QED) is 0.868. The van der Waals surface area contributed by atoms with Gasteiger partial charge in [-0.25, -0.2) is 0 Å². The van der Waals surface area contributed by atoms with Gasteiger partial charge in [-0.15, -0.1) is 0 Å². The van der Waals surface area contributed by atoms with E-state index in [1.807, 2.05) is 31.2 Å². The van der Waals surface area contributed by atoms with E-state index in [-0.39, 0.29) is 0 Å². The van der Waals surface area contributed by atoms with E-state index in [4.69, 9.17) is 17.3 Å². The Morgan fingerprint density at radius 3 is 2.65 bits per heavy atom. The first kappa shape index (κ1) is 14.9. The van der Waals surface area contributed by atoms with Crippen LogP contribution in [0.25, 0.3) is 0 Å². The minimum absolute atomic E-state index is 0.410. The molecule has 0 spiro atoms. The fraction of sp³-hybridized carbons (Fsp3) is 0.133. The van der Waals surface area contributed by atoms with Gasteiger partial charge in [0.2, 0.25) is 5.91 Å². The van der Waals surface area contributed by atoms with E-state index in [1.54, 1.807) is 12.1 Å². The number of nitrogens with one attached hydrogen (secondary N) is 1. The van der Waals surface area contributed by atoms with Gasteiger partial charge in [-0.1, -0.05) is 17.7 Å². The van der Waals surface area contributed by atoms with Gasteiger partial charge < -0.3 is 11.1 Å². The number of primary amides is 1. The Labute approximate surface area is 131 Å². The van der Waals surface area contributed by atoms with Gasteiger partial charge >= 0.3 is 0 Å². The highest BCUT2D eigenvalue weighted by Gasteiger charge is 2.05. The van der Waals surface area contributed by atoms with Crippen LogP contribution in [0.5, 0.6) is 0 Å². The normalized spacial score (nSPS) is 10.3. The number of aryl methyl sites for hydroxylation is 1. The molecule has 0 saturated carbocycles. The molecule has 2 rings (SSSR count). The molecule has 1 amide bonds. The Morgan fingerprint density at radius 1 is 1.30 bits per heavy atom. The van der Waals surface area contributed by atoms with E-state index in [1.165, 1.54) is 0 Å². The van der Waals surface area contributed by atoms with Gasteiger partial charge in [0.1, 0.15) is 0 Å². The number of nitrogens with two attached hydrogens (primary N) is 1. The van der Waals surface area contributed by atoms with Crippen LogP contribution in [-0.4, -0.2) is 5.91 Å². The summed E-state index contributed by atoms with van der Waals surface area (Å²) in [5.74, 6) is -0.410. The Hall–Kier alpha value is -1.52. The molecule has 0 heterocycles. The lowest BCUT2D eigenvalue weighted by molar-refractivity contribution is 0.1000. The number of carbonyl (C=O) groups is 1. The summed E-state index contributed by atoms with van der Waals surface area (Å²) in [6.07, 6.45) is 0. The van der Waals surface area contributed by atoms with E-state index >= 15 is 0 Å². The largest absolute Gasteiger partial charge is 0.381 e. The molecule has 0 aliphatic rings. The van der Waals surface area contributed by atoms with E-state index in [0.29, 0.717) is 17.1 Å². The molecule has 5 heteroatoms. The van der Waals surface area contributed by atoms with Crippen molar-refractivity contribution in [2.24, 2.45) is 5.73 Å². The minimum Gasteiger partial charge on any atom is -0.381 e. The molecule has 0 aliphatic heterocycles. The summed E-state index contributed by atoms with van der Waals surface area (Å²) in [6, 6.07) is 11.1. The molecule has 0 aliphatic carbocycles. The summed E-state index contributed by atoms with van der Waals surface area (Å²) in [5.41, 5.74) is 8.85. The van der Waals surface area contributed by atoms with Gasteiger partial charge in [-0.2, -0.15) is 0 Å². The van der Waals surface area contributed by atoms with Gasteiger partial charge in [-0.3, -0.25) is 4.79 Å². The second-order valence-electron chi connectivity index (χ2n) is 4.49. The summed E-state index contributed by atoms with van der Waals surface area (Å²) >= 11 is 9.40. The highest BCUT2D eigenvalue weighted by Crippen LogP contribution is 2.26. The maximum absolute atomic E-state index is 11.1. The average molecular weight is 354 g/mol. The van der Waals surface area contributed by atoms with Crippen LogP contribution in [0.3, 0.4) is 0 Å². The Kier molecular flexibility index (Phi) is 4.68. The average Bonchev–Trinajstić information content (AvgIpc) is 2.41. The number of carbonyl (C=O) groups excluding carboxylic acids is 1. The second-order valence-corrected chi connectivity index (χ2v) is 5.75. The van der Waals surface area contributed by atoms with E-state index in [0.717, 1.165) is 21.3 Å². The lowest BCUT2D eigenvalue weighted by Crippen LogP contribution is -2.11. The standard InChI is InChI=1S/C15H14BrClN2O/c1-9-6-10(15(18)20)2-3-11(9)8-19-12-4-5-13(16)14(17)7-12/h2-7,19H,8H2,1H3,(H2,18,20). The number of hydrogen-bond donors (Lipinski definition) is 2. The predicted molar refractivity (Wildman–Crippen MR) is 86.2 cm³/mol. The first-order chi connectivity index (χ1) is 9.47. The number of benzene rings is 2. The smallest absolute Gasteiger partial charge is 0.248 e. The molecule has 3 nitrogen and oxygen atoms in total. The van der Waals surface area contributed by atoms with Crippen molar-refractivity contribution in [1.82, 2.24) is 0 Å². The first-order valence-electron chi connectivity index (χ1n) is 6.05. The molecule has 2 aromatic rings. The van der Waals surface area contributed by atoms with Crippen molar-refractivity contribution < 1.29 is 4.79 Å². The fourth-order valence-electron chi connectivity index (χ4n) is 1.85. The van der Waals surface area contributed by atoms with Crippen LogP contribution in [0.15, 0.2) is 40.9 Å². The molecular formula is C15H14BrClN2O. The molecule has 0 fully saturated rings. The van der Waals surface area contributed by atoms with Crippen molar-refractivity contribution in [3.8, 4) is 0 Å². The van der Waals surface area contributed by atoms with Crippen LogP contribution in [0.1, 0.15) is 21.5 Å². The van der Waals surface area contributed by atoms with Gasteiger partial charge in [0.05, 0.1) is 5.02 Å². The SMILES string of the molecule is Cc1cc(C(N)=O)ccc1CNc1ccc(Br)c(Cl)c1. The van der Waals surface area contributed by atoms with E-state index in [2.05, 4.69) is 21.2 Å². The third-order valence-corrected chi connectivity index (χ3v) is 4.26. The summed E-state index contributed by atoms with van der Waals surface area (Å²) in [6.45, 7) is 2.61. The van der Waals surface area contributed by atoms with Crippen molar-refractivity contribution in [3.63, 3.8) is 0 Å². The lowest BCUT2D eigenvalue weighted by atomic mass is 10.0. The Balaban J connectivity index is 2.10. The van der Waals surface area contributed by atoms with Crippen LogP contribution in [0.2, 0.25) is 5.02 Å². The number of hydrogen-bond acceptors (Lipinski definition) is 2. The minimum atomic E-state index is -0.410. The molecular weight excluding hydrogens is 340 g/mol. The monoisotopic (exact) mass is 352 g/mol. The van der Waals surface area contributed by atoms with E-state index in [9.17, 15) is 4.79 Å². The van der Waals surface area contributed by atoms with E-state index < -0.39 is 5.91 Å². The molecule has 3 N–H and O–H groups in total. The number of rotatable bonds is 4. The highest BCUT2D eigenvalue weighted by molar-refractivity contribution is 9.10. The third kappa shape index (κ3) is 3.52. The number of anilines is 1. The molecule has 0 radical (unpaired) electrons. The molecule has 0 atom stereocenters. The number of amides is 1. The highest BCUT2D eigenvalue weighted by atomic mass is 79.9. The fourth-order valence-corrected chi connectivity index (χ4v) is 2.28. The Morgan fingerprint density at radius 2 is 2.05 bits per heavy atom. The van der Waals surface area contributed by atoms with Gasteiger partial charge in [0.25, 0.3) is 0 Å². The van der Waals surface area contributed by atoms with Crippen LogP contribution in [0, 0.1) is 6.92 Å². The van der Waals surface area contributed by atoms with Crippen molar-refractivity contribution in [2.45, 2.75) is 13.5 Å². The first-order valence-corrected chi connectivity index (χ1v) is 7.22. The van der Waals surface area contributed by atoms with Gasteiger partial charge in [-0.05, 0) is 64.3 Å². The molecule has 0 unspecified atom stereocenters. The summed E-state index contributed by atoms with van der Waals surface area (Å²) < 4.78 is 0.867. The zero-order valence-corrected chi connectivity index (χ0v) is 13.3. The van der Waals surface area contributed by atoms with Crippen LogP contribution in [-0.2, 0) is 6.54 Å². The molecule has 0 bridgehead atoms. The van der Waals surface area contributed by atoms with Crippen molar-refractivity contribution in [2.75, 3.05) is 5.32 Å². The maximum atomic E-state index is 11.1. The van der Waals surface area contributed by atoms with Crippen LogP contribution < -0.4 is 11.1 Å². The van der Waals surface area contributed by atoms with Gasteiger partial charge in [0.15, 0.2) is 0 Å². The molecule has 0 saturated heterocycles. The molecule has 104 valence electrons. The maximum Gasteiger partial charge on any atom is 0.248 e. The zero-order chi connectivity index (χ0) is 14.7. The predicted octanol–water partition coefficient (Wildman–Crippen LogP) is 4.12. The summed E-state index contributed by atoms with van der Waals surface area (Å²) in [7, 11) is 0. The van der Waals surface area contributed by atoms with Crippen molar-refractivity contribution in [3.05, 3.63) is 62.6 Å². The van der Waals surface area contributed by atoms with Crippen LogP contribution >= 0.6 is 27.5 Å². The van der Waals surface area contributed by atoms with Gasteiger partial charge in [0, 0.05) is 22.3 Å². The summed E-state index contributed by atoms with van der Waals surface area (Å²) in [5, 5.41) is 3.96. The Bertz CT molecular complexity index is 658. The zero-order valence-electron chi connectivity index (χ0n) is 10.9. The molecule has 2 aromatic carbocycles. The topological polar surface area (TPSA) is 55.1 Å². The molecule has 20 heavy (non-hydrogen) atoms. The lowest BCUT2D eigenvalue weighted by Gasteiger charge is -2.10. The third-order valence-electron chi connectivity index (χ3n) is 3.03. The summed E-state index contributed by atoms with van der Waals surface area (Å²) in [4.78, 5) is 11.1. The molecule has 0 aromatic heterocycles. The van der Waals surface area contributed by atoms with Crippen molar-refractivity contribution in [1.29, 1.82) is 0 Å². The van der Waals surface area contributed by atoms with Crippen molar-refractivity contribution >= 4 is 39.1 Å².